The fraction of sp³-hybridized carbons (Fsp3) is 0.556. The van der Waals surface area contributed by atoms with E-state index in [9.17, 15) is 9.59 Å². The molecule has 5 heteroatoms. The monoisotopic (exact) mass is 319 g/mol. The van der Waals surface area contributed by atoms with Gasteiger partial charge >= 0.3 is 5.97 Å². The summed E-state index contributed by atoms with van der Waals surface area (Å²) in [6.45, 7) is 4.91. The summed E-state index contributed by atoms with van der Waals surface area (Å²) in [5.74, 6) is -0.651. The molecular weight excluding hydrogens is 294 g/mol. The molecule has 2 unspecified atom stereocenters. The second-order valence-electron chi connectivity index (χ2n) is 6.16. The Balaban J connectivity index is 1.95. The highest BCUT2D eigenvalue weighted by atomic mass is 16.5. The van der Waals surface area contributed by atoms with Crippen LogP contribution in [0.1, 0.15) is 43.7 Å². The van der Waals surface area contributed by atoms with Crippen LogP contribution in [0.5, 0.6) is 5.75 Å². The molecule has 0 aliphatic heterocycles. The summed E-state index contributed by atoms with van der Waals surface area (Å²) in [5.41, 5.74) is 2.05. The van der Waals surface area contributed by atoms with Crippen LogP contribution in [0.25, 0.3) is 0 Å². The lowest BCUT2D eigenvalue weighted by molar-refractivity contribution is -0.144. The van der Waals surface area contributed by atoms with Gasteiger partial charge in [0.2, 0.25) is 5.91 Å². The average molecular weight is 319 g/mol. The molecule has 0 bridgehead atoms. The topological polar surface area (TPSA) is 75.6 Å². The number of carboxylic acids is 1. The van der Waals surface area contributed by atoms with E-state index in [1.54, 1.807) is 0 Å². The van der Waals surface area contributed by atoms with Crippen LogP contribution in [0.3, 0.4) is 0 Å². The van der Waals surface area contributed by atoms with Gasteiger partial charge in [0.15, 0.2) is 0 Å². The van der Waals surface area contributed by atoms with Gasteiger partial charge in [0, 0.05) is 18.0 Å². The molecule has 2 atom stereocenters. The first kappa shape index (κ1) is 17.3. The van der Waals surface area contributed by atoms with Crippen LogP contribution >= 0.6 is 0 Å². The average Bonchev–Trinajstić information content (AvgIpc) is 2.54. The lowest BCUT2D eigenvalue weighted by atomic mass is 9.81. The van der Waals surface area contributed by atoms with E-state index in [0.717, 1.165) is 29.7 Å². The van der Waals surface area contributed by atoms with Gasteiger partial charge in [-0.15, -0.1) is 0 Å². The number of aliphatic carboxylic acids is 1. The minimum Gasteiger partial charge on any atom is -0.494 e. The summed E-state index contributed by atoms with van der Waals surface area (Å²) in [6, 6.07) is 5.92. The Morgan fingerprint density at radius 1 is 1.30 bits per heavy atom. The van der Waals surface area contributed by atoms with Crippen LogP contribution in [0.15, 0.2) is 18.2 Å². The molecule has 126 valence electrons. The quantitative estimate of drug-likeness (QED) is 0.845. The normalized spacial score (nSPS) is 20.8. The van der Waals surface area contributed by atoms with Crippen LogP contribution in [-0.2, 0) is 16.1 Å². The first-order valence-electron chi connectivity index (χ1n) is 8.24. The fourth-order valence-electron chi connectivity index (χ4n) is 3.08. The number of aryl methyl sites for hydroxylation is 1. The minimum absolute atomic E-state index is 0.0565. The summed E-state index contributed by atoms with van der Waals surface area (Å²) in [7, 11) is 0. The maximum atomic E-state index is 12.3. The van der Waals surface area contributed by atoms with Crippen molar-refractivity contribution >= 4 is 11.9 Å². The summed E-state index contributed by atoms with van der Waals surface area (Å²) in [6.07, 6.45) is 2.67. The Morgan fingerprint density at radius 3 is 2.74 bits per heavy atom. The van der Waals surface area contributed by atoms with Crippen molar-refractivity contribution in [1.29, 1.82) is 0 Å². The molecule has 1 aliphatic rings. The van der Waals surface area contributed by atoms with Crippen LogP contribution in [-0.4, -0.2) is 23.6 Å². The molecule has 0 aromatic heterocycles. The predicted molar refractivity (Wildman–Crippen MR) is 87.3 cm³/mol. The zero-order valence-corrected chi connectivity index (χ0v) is 13.8. The minimum atomic E-state index is -0.792. The SMILES string of the molecule is CCOc1cc(C)ccc1CNC(=O)C1CCCC(C(=O)O)C1. The van der Waals surface area contributed by atoms with Gasteiger partial charge in [0.25, 0.3) is 0 Å². The van der Waals surface area contributed by atoms with E-state index >= 15 is 0 Å². The van der Waals surface area contributed by atoms with Crippen molar-refractivity contribution in [2.24, 2.45) is 11.8 Å². The first-order valence-corrected chi connectivity index (χ1v) is 8.24. The van der Waals surface area contributed by atoms with E-state index in [0.29, 0.717) is 26.0 Å². The first-order chi connectivity index (χ1) is 11.0. The number of nitrogens with one attached hydrogen (secondary N) is 1. The highest BCUT2D eigenvalue weighted by Crippen LogP contribution is 2.29. The zero-order chi connectivity index (χ0) is 16.8. The van der Waals surface area contributed by atoms with Gasteiger partial charge in [-0.25, -0.2) is 0 Å². The summed E-state index contributed by atoms with van der Waals surface area (Å²) in [4.78, 5) is 23.4. The third-order valence-corrected chi connectivity index (χ3v) is 4.37. The van der Waals surface area contributed by atoms with Gasteiger partial charge in [0.05, 0.1) is 12.5 Å². The van der Waals surface area contributed by atoms with Gasteiger partial charge in [0.1, 0.15) is 5.75 Å². The van der Waals surface area contributed by atoms with Crippen LogP contribution in [0.2, 0.25) is 0 Å². The number of carbonyl (C=O) groups is 2. The molecule has 1 amide bonds. The van der Waals surface area contributed by atoms with Gasteiger partial charge in [-0.05, 0) is 44.7 Å². The number of hydrogen-bond donors (Lipinski definition) is 2. The van der Waals surface area contributed by atoms with Crippen molar-refractivity contribution in [2.75, 3.05) is 6.61 Å². The van der Waals surface area contributed by atoms with Crippen molar-refractivity contribution in [3.8, 4) is 5.75 Å². The highest BCUT2D eigenvalue weighted by molar-refractivity contribution is 5.80. The third-order valence-electron chi connectivity index (χ3n) is 4.37. The molecule has 2 N–H and O–H groups in total. The summed E-state index contributed by atoms with van der Waals surface area (Å²) < 4.78 is 5.62. The molecule has 23 heavy (non-hydrogen) atoms. The summed E-state index contributed by atoms with van der Waals surface area (Å²) >= 11 is 0. The maximum absolute atomic E-state index is 12.3. The maximum Gasteiger partial charge on any atom is 0.306 e. The molecule has 5 nitrogen and oxygen atoms in total. The standard InChI is InChI=1S/C18H25NO4/c1-3-23-16-9-12(2)7-8-15(16)11-19-17(20)13-5-4-6-14(10-13)18(21)22/h7-9,13-14H,3-6,10-11H2,1-2H3,(H,19,20)(H,21,22). The molecule has 1 aromatic rings. The molecule has 0 saturated heterocycles. The van der Waals surface area contributed by atoms with E-state index in [4.69, 9.17) is 9.84 Å². The molecule has 1 aliphatic carbocycles. The predicted octanol–water partition coefficient (Wildman–Crippen LogP) is 2.90. The van der Waals surface area contributed by atoms with E-state index in [1.807, 2.05) is 32.0 Å². The van der Waals surface area contributed by atoms with E-state index in [1.165, 1.54) is 0 Å². The highest BCUT2D eigenvalue weighted by Gasteiger charge is 2.30. The number of amides is 1. The largest absolute Gasteiger partial charge is 0.494 e. The Bertz CT molecular complexity index is 570. The van der Waals surface area contributed by atoms with Crippen LogP contribution < -0.4 is 10.1 Å². The van der Waals surface area contributed by atoms with Crippen LogP contribution in [0, 0.1) is 18.8 Å². The number of benzene rings is 1. The lowest BCUT2D eigenvalue weighted by Gasteiger charge is -2.25. The fourth-order valence-corrected chi connectivity index (χ4v) is 3.08. The molecule has 1 saturated carbocycles. The molecule has 0 heterocycles. The van der Waals surface area contributed by atoms with Crippen molar-refractivity contribution in [3.05, 3.63) is 29.3 Å². The number of carboxylic acid groups (broad SMARTS) is 1. The van der Waals surface area contributed by atoms with Crippen molar-refractivity contribution in [1.82, 2.24) is 5.32 Å². The van der Waals surface area contributed by atoms with Crippen molar-refractivity contribution in [3.63, 3.8) is 0 Å². The Hall–Kier alpha value is -2.04. The number of hydrogen-bond acceptors (Lipinski definition) is 3. The Labute approximate surface area is 137 Å². The van der Waals surface area contributed by atoms with Gasteiger partial charge < -0.3 is 15.2 Å². The Kier molecular flexibility index (Phi) is 6.02. The van der Waals surface area contributed by atoms with Crippen molar-refractivity contribution < 1.29 is 19.4 Å². The third kappa shape index (κ3) is 4.71. The van der Waals surface area contributed by atoms with E-state index in [2.05, 4.69) is 5.32 Å². The van der Waals surface area contributed by atoms with E-state index < -0.39 is 11.9 Å². The molecule has 2 rings (SSSR count). The molecule has 0 radical (unpaired) electrons. The molecular formula is C18H25NO4. The van der Waals surface area contributed by atoms with E-state index in [-0.39, 0.29) is 11.8 Å². The lowest BCUT2D eigenvalue weighted by Crippen LogP contribution is -2.35. The molecule has 1 aromatic carbocycles. The second-order valence-corrected chi connectivity index (χ2v) is 6.16. The number of carbonyl (C=O) groups excluding carboxylic acids is 1. The van der Waals surface area contributed by atoms with Crippen LogP contribution in [0.4, 0.5) is 0 Å². The number of rotatable bonds is 6. The molecule has 0 spiro atoms. The smallest absolute Gasteiger partial charge is 0.306 e. The Morgan fingerprint density at radius 2 is 2.04 bits per heavy atom. The van der Waals surface area contributed by atoms with Gasteiger partial charge in [-0.3, -0.25) is 9.59 Å². The van der Waals surface area contributed by atoms with Gasteiger partial charge in [-0.1, -0.05) is 18.6 Å². The number of ether oxygens (including phenoxy) is 1. The van der Waals surface area contributed by atoms with Gasteiger partial charge in [-0.2, -0.15) is 0 Å². The van der Waals surface area contributed by atoms with Crippen molar-refractivity contribution in [2.45, 2.75) is 46.1 Å². The second kappa shape index (κ2) is 7.99. The summed E-state index contributed by atoms with van der Waals surface area (Å²) in [5, 5.41) is 12.1. The molecule has 1 fully saturated rings. The zero-order valence-electron chi connectivity index (χ0n) is 13.8.